The lowest BCUT2D eigenvalue weighted by atomic mass is 10.0. The first-order valence-corrected chi connectivity index (χ1v) is 10.7. The Labute approximate surface area is 187 Å². The van der Waals surface area contributed by atoms with Gasteiger partial charge in [0.15, 0.2) is 0 Å². The number of carbonyl (C=O) groups excluding carboxylic acids is 2. The largest absolute Gasteiger partial charge is 0.351 e. The maximum Gasteiger partial charge on any atom is 0.270 e. The Balaban J connectivity index is 1.50. The third-order valence-corrected chi connectivity index (χ3v) is 5.77. The molecule has 0 aliphatic carbocycles. The lowest BCUT2D eigenvalue weighted by Gasteiger charge is -2.29. The summed E-state index contributed by atoms with van der Waals surface area (Å²) in [6.07, 6.45) is 6.65. The quantitative estimate of drug-likeness (QED) is 0.468. The molecule has 0 aliphatic rings. The zero-order chi connectivity index (χ0) is 22.5. The molecule has 2 amide bonds. The predicted molar refractivity (Wildman–Crippen MR) is 124 cm³/mol. The first-order valence-electron chi connectivity index (χ1n) is 10.7. The van der Waals surface area contributed by atoms with Gasteiger partial charge in [-0.15, -0.1) is 0 Å². The molecule has 0 bridgehead atoms. The van der Waals surface area contributed by atoms with E-state index in [2.05, 4.69) is 22.4 Å². The molecular formula is C25H27N5O2. The zero-order valence-corrected chi connectivity index (χ0v) is 18.3. The van der Waals surface area contributed by atoms with E-state index in [0.29, 0.717) is 30.8 Å². The normalized spacial score (nSPS) is 11.9. The Morgan fingerprint density at radius 1 is 1.00 bits per heavy atom. The third-order valence-electron chi connectivity index (χ3n) is 5.77. The van der Waals surface area contributed by atoms with Crippen molar-refractivity contribution in [2.24, 2.45) is 7.05 Å². The van der Waals surface area contributed by atoms with Crippen LogP contribution in [0.3, 0.4) is 0 Å². The third kappa shape index (κ3) is 4.56. The first kappa shape index (κ1) is 21.4. The van der Waals surface area contributed by atoms with Gasteiger partial charge in [-0.3, -0.25) is 14.0 Å². The lowest BCUT2D eigenvalue weighted by Crippen LogP contribution is -2.41. The fraction of sp³-hybridized carbons (Fsp3) is 0.240. The first-order chi connectivity index (χ1) is 15.5. The van der Waals surface area contributed by atoms with E-state index in [-0.39, 0.29) is 17.9 Å². The zero-order valence-electron chi connectivity index (χ0n) is 18.3. The van der Waals surface area contributed by atoms with Gasteiger partial charge in [0.05, 0.1) is 0 Å². The van der Waals surface area contributed by atoms with Crippen molar-refractivity contribution < 1.29 is 9.59 Å². The van der Waals surface area contributed by atoms with Crippen LogP contribution >= 0.6 is 0 Å². The van der Waals surface area contributed by atoms with Gasteiger partial charge in [0.1, 0.15) is 17.0 Å². The number of carbonyl (C=O) groups is 2. The number of rotatable bonds is 8. The number of aryl methyl sites for hydroxylation is 1. The van der Waals surface area contributed by atoms with E-state index in [1.807, 2.05) is 62.8 Å². The van der Waals surface area contributed by atoms with Crippen molar-refractivity contribution in [2.75, 3.05) is 13.6 Å². The van der Waals surface area contributed by atoms with E-state index >= 15 is 0 Å². The van der Waals surface area contributed by atoms with E-state index in [1.54, 1.807) is 32.3 Å². The summed E-state index contributed by atoms with van der Waals surface area (Å²) >= 11 is 0. The molecule has 4 rings (SSSR count). The molecular weight excluding hydrogens is 402 g/mol. The summed E-state index contributed by atoms with van der Waals surface area (Å²) < 4.78 is 3.59. The number of benzene rings is 1. The van der Waals surface area contributed by atoms with Gasteiger partial charge in [-0.25, -0.2) is 4.98 Å². The van der Waals surface area contributed by atoms with E-state index in [1.165, 1.54) is 0 Å². The van der Waals surface area contributed by atoms with Crippen molar-refractivity contribution in [3.63, 3.8) is 0 Å². The number of hydrogen-bond donors (Lipinski definition) is 1. The summed E-state index contributed by atoms with van der Waals surface area (Å²) in [5, 5.41) is 2.99. The van der Waals surface area contributed by atoms with Crippen LogP contribution in [-0.4, -0.2) is 50.3 Å². The molecule has 7 heteroatoms. The Hall–Kier alpha value is -3.87. The number of aromatic nitrogens is 3. The van der Waals surface area contributed by atoms with E-state index < -0.39 is 0 Å². The molecule has 32 heavy (non-hydrogen) atoms. The molecule has 1 N–H and O–H groups in total. The van der Waals surface area contributed by atoms with Crippen LogP contribution in [0.15, 0.2) is 79.3 Å². The van der Waals surface area contributed by atoms with Crippen LogP contribution in [0.2, 0.25) is 0 Å². The van der Waals surface area contributed by atoms with Crippen molar-refractivity contribution in [2.45, 2.75) is 18.9 Å². The van der Waals surface area contributed by atoms with Gasteiger partial charge in [0.2, 0.25) is 0 Å². The number of nitrogens with zero attached hydrogens (tertiary/aromatic N) is 4. The minimum Gasteiger partial charge on any atom is -0.351 e. The number of imidazole rings is 1. The summed E-state index contributed by atoms with van der Waals surface area (Å²) in [4.78, 5) is 31.9. The highest BCUT2D eigenvalue weighted by molar-refractivity contribution is 5.93. The molecule has 0 radical (unpaired) electrons. The van der Waals surface area contributed by atoms with Gasteiger partial charge in [0.25, 0.3) is 11.8 Å². The molecule has 164 valence electrons. The number of nitrogens with one attached hydrogen (secondary N) is 1. The minimum atomic E-state index is -0.117. The smallest absolute Gasteiger partial charge is 0.270 e. The van der Waals surface area contributed by atoms with Crippen LogP contribution < -0.4 is 5.32 Å². The molecule has 1 unspecified atom stereocenters. The maximum absolute atomic E-state index is 13.4. The Morgan fingerprint density at radius 2 is 1.78 bits per heavy atom. The van der Waals surface area contributed by atoms with E-state index in [9.17, 15) is 9.59 Å². The molecule has 0 fully saturated rings. The van der Waals surface area contributed by atoms with Crippen LogP contribution in [0, 0.1) is 0 Å². The molecule has 0 saturated carbocycles. The number of likely N-dealkylation sites (N-methyl/N-ethyl adjacent to an activating group) is 1. The molecule has 1 atom stereocenters. The fourth-order valence-corrected chi connectivity index (χ4v) is 3.93. The lowest BCUT2D eigenvalue weighted by molar-refractivity contribution is 0.0715. The van der Waals surface area contributed by atoms with Crippen LogP contribution in [0.1, 0.15) is 33.0 Å². The van der Waals surface area contributed by atoms with Gasteiger partial charge >= 0.3 is 0 Å². The number of hydrogen-bond acceptors (Lipinski definition) is 3. The number of fused-ring (bicyclic) bond motifs is 1. The SMILES string of the molecule is CN(C(=O)c1cccc2nccn12)C(CCNC(=O)c1cccn1C)Cc1ccccc1. The van der Waals surface area contributed by atoms with Crippen molar-refractivity contribution in [1.29, 1.82) is 0 Å². The van der Waals surface area contributed by atoms with Crippen molar-refractivity contribution in [3.05, 3.63) is 96.2 Å². The van der Waals surface area contributed by atoms with Crippen LogP contribution in [-0.2, 0) is 13.5 Å². The topological polar surface area (TPSA) is 71.6 Å². The summed E-state index contributed by atoms with van der Waals surface area (Å²) in [7, 11) is 3.67. The second-order valence-corrected chi connectivity index (χ2v) is 7.87. The summed E-state index contributed by atoms with van der Waals surface area (Å²) in [5.74, 6) is -0.198. The van der Waals surface area contributed by atoms with Gasteiger partial charge in [-0.2, -0.15) is 0 Å². The summed E-state index contributed by atoms with van der Waals surface area (Å²) in [6.45, 7) is 0.467. The Bertz CT molecular complexity index is 1210. The van der Waals surface area contributed by atoms with Gasteiger partial charge in [0, 0.05) is 45.3 Å². The highest BCUT2D eigenvalue weighted by Crippen LogP contribution is 2.16. The van der Waals surface area contributed by atoms with Crippen LogP contribution in [0.4, 0.5) is 0 Å². The average molecular weight is 430 g/mol. The number of pyridine rings is 1. The molecule has 7 nitrogen and oxygen atoms in total. The molecule has 0 saturated heterocycles. The maximum atomic E-state index is 13.4. The molecule has 4 aromatic rings. The predicted octanol–water partition coefficient (Wildman–Crippen LogP) is 3.18. The fourth-order valence-electron chi connectivity index (χ4n) is 3.93. The van der Waals surface area contributed by atoms with Gasteiger partial charge in [-0.05, 0) is 42.7 Å². The molecule has 1 aromatic carbocycles. The molecule has 3 heterocycles. The standard InChI is InChI=1S/C25H27N5O2/c1-28-16-7-11-21(28)24(31)27-14-13-20(18-19-8-4-3-5-9-19)29(2)25(32)22-10-6-12-23-26-15-17-30(22)23/h3-12,15-17,20H,13-14,18H2,1-2H3,(H,27,31). The van der Waals surface area contributed by atoms with Crippen molar-refractivity contribution >= 4 is 17.5 Å². The van der Waals surface area contributed by atoms with E-state index in [0.717, 1.165) is 11.2 Å². The Kier molecular flexibility index (Phi) is 6.35. The highest BCUT2D eigenvalue weighted by Gasteiger charge is 2.23. The monoisotopic (exact) mass is 429 g/mol. The van der Waals surface area contributed by atoms with Crippen molar-refractivity contribution in [1.82, 2.24) is 24.2 Å². The number of amides is 2. The van der Waals surface area contributed by atoms with E-state index in [4.69, 9.17) is 0 Å². The molecule has 3 aromatic heterocycles. The summed E-state index contributed by atoms with van der Waals surface area (Å²) in [5.41, 5.74) is 3.06. The second-order valence-electron chi connectivity index (χ2n) is 7.87. The van der Waals surface area contributed by atoms with Crippen LogP contribution in [0.5, 0.6) is 0 Å². The summed E-state index contributed by atoms with van der Waals surface area (Å²) in [6, 6.07) is 19.2. The average Bonchev–Trinajstić information content (AvgIpc) is 3.46. The molecule has 0 aliphatic heterocycles. The van der Waals surface area contributed by atoms with Gasteiger partial charge < -0.3 is 14.8 Å². The van der Waals surface area contributed by atoms with Crippen molar-refractivity contribution in [3.8, 4) is 0 Å². The molecule has 0 spiro atoms. The van der Waals surface area contributed by atoms with Crippen LogP contribution in [0.25, 0.3) is 5.65 Å². The minimum absolute atomic E-state index is 0.0803. The highest BCUT2D eigenvalue weighted by atomic mass is 16.2. The second kappa shape index (κ2) is 9.51. The Morgan fingerprint density at radius 3 is 2.53 bits per heavy atom. The van der Waals surface area contributed by atoms with Gasteiger partial charge in [-0.1, -0.05) is 36.4 Å².